The molecule has 0 amide bonds. The van der Waals surface area contributed by atoms with Crippen LogP contribution in [0.15, 0.2) is 182 Å². The summed E-state index contributed by atoms with van der Waals surface area (Å²) in [7, 11) is 0. The highest BCUT2D eigenvalue weighted by molar-refractivity contribution is 7.25. The molecule has 49 heavy (non-hydrogen) atoms. The Bertz CT molecular complexity index is 2810. The number of rotatable bonds is 5. The topological polar surface area (TPSA) is 8.17 Å². The number of benzene rings is 8. The van der Waals surface area contributed by atoms with Crippen molar-refractivity contribution in [1.29, 1.82) is 0 Å². The fraction of sp³-hybridized carbons (Fsp3) is 0. The second-order valence-electron chi connectivity index (χ2n) is 12.6. The van der Waals surface area contributed by atoms with Crippen LogP contribution in [-0.4, -0.2) is 4.57 Å². The van der Waals surface area contributed by atoms with E-state index in [0.717, 1.165) is 22.7 Å². The van der Waals surface area contributed by atoms with E-state index in [0.29, 0.717) is 0 Å². The minimum Gasteiger partial charge on any atom is -0.310 e. The lowest BCUT2D eigenvalue weighted by Gasteiger charge is -2.26. The van der Waals surface area contributed by atoms with Gasteiger partial charge in [0.2, 0.25) is 0 Å². The van der Waals surface area contributed by atoms with Crippen LogP contribution in [0.2, 0.25) is 0 Å². The largest absolute Gasteiger partial charge is 0.310 e. The van der Waals surface area contributed by atoms with Gasteiger partial charge in [-0.3, -0.25) is 0 Å². The molecule has 0 fully saturated rings. The van der Waals surface area contributed by atoms with Crippen LogP contribution in [0.1, 0.15) is 0 Å². The predicted octanol–water partition coefficient (Wildman–Crippen LogP) is 13.4. The molecule has 0 radical (unpaired) electrons. The van der Waals surface area contributed by atoms with E-state index in [1.807, 2.05) is 11.3 Å². The normalized spacial score (nSPS) is 11.7. The molecule has 0 saturated heterocycles. The van der Waals surface area contributed by atoms with E-state index in [2.05, 4.69) is 191 Å². The van der Waals surface area contributed by atoms with Gasteiger partial charge >= 0.3 is 0 Å². The van der Waals surface area contributed by atoms with Crippen LogP contribution in [0.4, 0.5) is 17.1 Å². The molecule has 0 aliphatic rings. The van der Waals surface area contributed by atoms with Gasteiger partial charge in [-0.1, -0.05) is 103 Å². The fourth-order valence-electron chi connectivity index (χ4n) is 7.43. The van der Waals surface area contributed by atoms with Crippen molar-refractivity contribution in [1.82, 2.24) is 4.57 Å². The third-order valence-electron chi connectivity index (χ3n) is 9.74. The summed E-state index contributed by atoms with van der Waals surface area (Å²) in [4.78, 5) is 2.41. The van der Waals surface area contributed by atoms with Crippen LogP contribution in [0.25, 0.3) is 69.6 Å². The number of para-hydroxylation sites is 2. The number of anilines is 3. The predicted molar refractivity (Wildman–Crippen MR) is 211 cm³/mol. The summed E-state index contributed by atoms with van der Waals surface area (Å²) in [6, 6.07) is 66.2. The van der Waals surface area contributed by atoms with Gasteiger partial charge in [0.05, 0.1) is 11.0 Å². The maximum Gasteiger partial charge on any atom is 0.0542 e. The molecule has 0 aliphatic heterocycles. The maximum atomic E-state index is 2.41. The molecule has 2 heterocycles. The number of nitrogens with zero attached hydrogens (tertiary/aromatic N) is 2. The van der Waals surface area contributed by atoms with Crippen molar-refractivity contribution in [2.24, 2.45) is 0 Å². The van der Waals surface area contributed by atoms with Crippen LogP contribution >= 0.6 is 11.3 Å². The van der Waals surface area contributed by atoms with Crippen LogP contribution in [0, 0.1) is 0 Å². The molecule has 0 unspecified atom stereocenters. The third kappa shape index (κ3) is 4.62. The number of thiophene rings is 1. The Balaban J connectivity index is 1.19. The minimum atomic E-state index is 1.12. The molecule has 0 spiro atoms. The standard InChI is InChI=1S/C46H30N2S/c1-3-11-31(12-4-1)32-19-21-36(22-20-32)47(38-24-26-45-42(30-38)41-27-33-13-7-8-14-34(33)28-46(41)49-45)37-23-25-44-40(29-37)39-17-9-10-18-43(39)48(44)35-15-5-2-6-16-35/h1-30H. The van der Waals surface area contributed by atoms with Crippen molar-refractivity contribution < 1.29 is 0 Å². The summed E-state index contributed by atoms with van der Waals surface area (Å²) in [5, 5.41) is 7.63. The zero-order valence-electron chi connectivity index (χ0n) is 26.6. The van der Waals surface area contributed by atoms with Crippen molar-refractivity contribution >= 4 is 81.1 Å². The molecule has 0 bridgehead atoms. The first-order valence-electron chi connectivity index (χ1n) is 16.7. The van der Waals surface area contributed by atoms with Crippen molar-refractivity contribution in [3.05, 3.63) is 182 Å². The molecule has 2 aromatic heterocycles. The number of aromatic nitrogens is 1. The molecule has 10 rings (SSSR count). The zero-order chi connectivity index (χ0) is 32.3. The molecule has 8 aromatic carbocycles. The molecule has 10 aromatic rings. The van der Waals surface area contributed by atoms with Crippen LogP contribution < -0.4 is 4.90 Å². The van der Waals surface area contributed by atoms with Gasteiger partial charge in [0, 0.05) is 53.7 Å². The zero-order valence-corrected chi connectivity index (χ0v) is 27.4. The minimum absolute atomic E-state index is 1.12. The van der Waals surface area contributed by atoms with E-state index >= 15 is 0 Å². The Labute approximate surface area is 288 Å². The van der Waals surface area contributed by atoms with Gasteiger partial charge in [0.15, 0.2) is 0 Å². The molecular weight excluding hydrogens is 613 g/mol. The smallest absolute Gasteiger partial charge is 0.0542 e. The molecule has 2 nitrogen and oxygen atoms in total. The van der Waals surface area contributed by atoms with Crippen molar-refractivity contribution in [2.75, 3.05) is 4.90 Å². The van der Waals surface area contributed by atoms with E-state index in [1.54, 1.807) is 0 Å². The van der Waals surface area contributed by atoms with Crippen molar-refractivity contribution in [2.45, 2.75) is 0 Å². The van der Waals surface area contributed by atoms with Gasteiger partial charge in [0.25, 0.3) is 0 Å². The Morgan fingerprint density at radius 2 is 0.939 bits per heavy atom. The highest BCUT2D eigenvalue weighted by atomic mass is 32.1. The summed E-state index contributed by atoms with van der Waals surface area (Å²) >= 11 is 1.87. The van der Waals surface area contributed by atoms with E-state index in [1.165, 1.54) is 63.9 Å². The van der Waals surface area contributed by atoms with Crippen LogP contribution in [-0.2, 0) is 0 Å². The molecule has 0 aliphatic carbocycles. The van der Waals surface area contributed by atoms with E-state index in [-0.39, 0.29) is 0 Å². The molecule has 230 valence electrons. The number of fused-ring (bicyclic) bond motifs is 7. The Kier molecular flexibility index (Phi) is 6.39. The number of hydrogen-bond acceptors (Lipinski definition) is 2. The maximum absolute atomic E-state index is 2.41. The average Bonchev–Trinajstić information content (AvgIpc) is 3.69. The Hall–Kier alpha value is -6.16. The highest BCUT2D eigenvalue weighted by Gasteiger charge is 2.19. The fourth-order valence-corrected chi connectivity index (χ4v) is 8.54. The van der Waals surface area contributed by atoms with Gasteiger partial charge in [-0.05, 0) is 101 Å². The van der Waals surface area contributed by atoms with E-state index in [9.17, 15) is 0 Å². The van der Waals surface area contributed by atoms with E-state index < -0.39 is 0 Å². The van der Waals surface area contributed by atoms with Gasteiger partial charge in [-0.2, -0.15) is 0 Å². The first-order chi connectivity index (χ1) is 24.3. The lowest BCUT2D eigenvalue weighted by atomic mass is 10.0. The molecule has 0 atom stereocenters. The second-order valence-corrected chi connectivity index (χ2v) is 13.7. The van der Waals surface area contributed by atoms with Crippen molar-refractivity contribution in [3.63, 3.8) is 0 Å². The molecule has 0 N–H and O–H groups in total. The first kappa shape index (κ1) is 27.9. The first-order valence-corrected chi connectivity index (χ1v) is 17.5. The summed E-state index contributed by atoms with van der Waals surface area (Å²) in [5.74, 6) is 0. The Morgan fingerprint density at radius 1 is 0.367 bits per heavy atom. The second kappa shape index (κ2) is 11.2. The lowest BCUT2D eigenvalue weighted by molar-refractivity contribution is 1.18. The van der Waals surface area contributed by atoms with E-state index in [4.69, 9.17) is 0 Å². The monoisotopic (exact) mass is 642 g/mol. The van der Waals surface area contributed by atoms with Gasteiger partial charge in [0.1, 0.15) is 0 Å². The van der Waals surface area contributed by atoms with Crippen LogP contribution in [0.3, 0.4) is 0 Å². The highest BCUT2D eigenvalue weighted by Crippen LogP contribution is 2.43. The van der Waals surface area contributed by atoms with Gasteiger partial charge < -0.3 is 9.47 Å². The lowest BCUT2D eigenvalue weighted by Crippen LogP contribution is -2.09. The summed E-state index contributed by atoms with van der Waals surface area (Å²) in [5.41, 5.74) is 9.37. The third-order valence-corrected chi connectivity index (χ3v) is 10.9. The number of hydrogen-bond donors (Lipinski definition) is 0. The average molecular weight is 643 g/mol. The summed E-state index contributed by atoms with van der Waals surface area (Å²) < 4.78 is 5.00. The summed E-state index contributed by atoms with van der Waals surface area (Å²) in [6.45, 7) is 0. The van der Waals surface area contributed by atoms with Gasteiger partial charge in [-0.15, -0.1) is 11.3 Å². The van der Waals surface area contributed by atoms with Gasteiger partial charge in [-0.25, -0.2) is 0 Å². The van der Waals surface area contributed by atoms with Crippen molar-refractivity contribution in [3.8, 4) is 16.8 Å². The molecule has 0 saturated carbocycles. The molecular formula is C46H30N2S. The quantitative estimate of drug-likeness (QED) is 0.181. The summed E-state index contributed by atoms with van der Waals surface area (Å²) in [6.07, 6.45) is 0. The van der Waals surface area contributed by atoms with Crippen LogP contribution in [0.5, 0.6) is 0 Å². The Morgan fingerprint density at radius 3 is 1.73 bits per heavy atom. The molecule has 3 heteroatoms. The SMILES string of the molecule is c1ccc(-c2ccc(N(c3ccc4sc5cc6ccccc6cc5c4c3)c3ccc4c(c3)c3ccccc3n4-c3ccccc3)cc2)cc1.